The Bertz CT molecular complexity index is 1010. The molecule has 0 spiro atoms. The first-order chi connectivity index (χ1) is 14.0. The zero-order valence-electron chi connectivity index (χ0n) is 15.8. The summed E-state index contributed by atoms with van der Waals surface area (Å²) < 4.78 is 15.1. The molecule has 0 aliphatic heterocycles. The molecule has 29 heavy (non-hydrogen) atoms. The lowest BCUT2D eigenvalue weighted by Crippen LogP contribution is -2.30. The van der Waals surface area contributed by atoms with Crippen LogP contribution in [0.5, 0.6) is 0 Å². The van der Waals surface area contributed by atoms with Crippen molar-refractivity contribution in [3.05, 3.63) is 71.0 Å². The van der Waals surface area contributed by atoms with Gasteiger partial charge in [-0.1, -0.05) is 36.0 Å². The van der Waals surface area contributed by atoms with Crippen molar-refractivity contribution in [2.75, 3.05) is 5.75 Å². The van der Waals surface area contributed by atoms with Gasteiger partial charge in [0.2, 0.25) is 11.1 Å². The first-order valence-corrected chi connectivity index (χ1v) is 9.90. The highest BCUT2D eigenvalue weighted by Crippen LogP contribution is 2.17. The normalized spacial score (nSPS) is 10.5. The summed E-state index contributed by atoms with van der Waals surface area (Å²) in [5, 5.41) is 20.8. The number of aromatic nitrogens is 4. The number of carbonyl (C=O) groups is 1. The second-order valence-corrected chi connectivity index (χ2v) is 7.43. The van der Waals surface area contributed by atoms with E-state index >= 15 is 0 Å². The van der Waals surface area contributed by atoms with Gasteiger partial charge in [-0.15, -0.1) is 5.10 Å². The fraction of sp³-hybridized carbons (Fsp3) is 0.250. The Hall–Kier alpha value is -3.25. The summed E-state index contributed by atoms with van der Waals surface area (Å²) in [5.41, 5.74) is 2.18. The van der Waals surface area contributed by atoms with Crippen molar-refractivity contribution in [1.29, 1.82) is 5.26 Å². The number of halogens is 1. The molecule has 0 bridgehead atoms. The molecule has 3 rings (SSSR count). The lowest BCUT2D eigenvalue weighted by atomic mass is 10.1. The van der Waals surface area contributed by atoms with Gasteiger partial charge in [0.15, 0.2) is 0 Å². The van der Waals surface area contributed by atoms with Crippen LogP contribution in [-0.4, -0.2) is 36.8 Å². The van der Waals surface area contributed by atoms with Gasteiger partial charge in [0.1, 0.15) is 5.82 Å². The first-order valence-electron chi connectivity index (χ1n) is 8.91. The molecule has 0 fully saturated rings. The van der Waals surface area contributed by atoms with Gasteiger partial charge in [0.25, 0.3) is 0 Å². The second kappa shape index (κ2) is 9.80. The van der Waals surface area contributed by atoms with Gasteiger partial charge in [-0.3, -0.25) is 4.79 Å². The molecule has 0 aliphatic carbocycles. The van der Waals surface area contributed by atoms with E-state index in [0.717, 1.165) is 11.1 Å². The largest absolute Gasteiger partial charge is 0.334 e. The lowest BCUT2D eigenvalue weighted by molar-refractivity contribution is -0.132. The standard InChI is InChI=1S/C20H19FN6OS/c1-26-20(23-24-25-26)29-10-9-19(28)27(14-17-3-2-4-18(21)11-17)13-16-7-5-15(12-22)6-8-16/h2-8,11H,9-10,13-14H2,1H3. The van der Waals surface area contributed by atoms with Crippen LogP contribution in [-0.2, 0) is 24.9 Å². The van der Waals surface area contributed by atoms with Crippen LogP contribution < -0.4 is 0 Å². The smallest absolute Gasteiger partial charge is 0.224 e. The van der Waals surface area contributed by atoms with Crippen LogP contribution in [0.3, 0.4) is 0 Å². The van der Waals surface area contributed by atoms with Gasteiger partial charge in [-0.2, -0.15) is 5.26 Å². The van der Waals surface area contributed by atoms with Gasteiger partial charge in [-0.05, 0) is 45.8 Å². The number of nitriles is 1. The predicted molar refractivity (Wildman–Crippen MR) is 106 cm³/mol. The predicted octanol–water partition coefficient (Wildman–Crippen LogP) is 2.93. The van der Waals surface area contributed by atoms with Gasteiger partial charge in [0.05, 0.1) is 11.6 Å². The lowest BCUT2D eigenvalue weighted by Gasteiger charge is -2.23. The summed E-state index contributed by atoms with van der Waals surface area (Å²) in [6, 6.07) is 15.4. The van der Waals surface area contributed by atoms with Crippen molar-refractivity contribution in [2.24, 2.45) is 7.05 Å². The van der Waals surface area contributed by atoms with E-state index in [1.165, 1.54) is 23.9 Å². The van der Waals surface area contributed by atoms with Crippen LogP contribution >= 0.6 is 11.8 Å². The Labute approximate surface area is 172 Å². The van der Waals surface area contributed by atoms with Crippen LogP contribution in [0, 0.1) is 17.1 Å². The molecular weight excluding hydrogens is 391 g/mol. The number of benzene rings is 2. The average molecular weight is 410 g/mol. The molecule has 0 N–H and O–H groups in total. The van der Waals surface area contributed by atoms with Crippen LogP contribution in [0.2, 0.25) is 0 Å². The molecule has 1 heterocycles. The number of hydrogen-bond acceptors (Lipinski definition) is 6. The molecule has 1 aromatic heterocycles. The van der Waals surface area contributed by atoms with Gasteiger partial charge >= 0.3 is 0 Å². The molecule has 9 heteroatoms. The van der Waals surface area contributed by atoms with Crippen molar-refractivity contribution in [1.82, 2.24) is 25.1 Å². The number of carbonyl (C=O) groups excluding carboxylic acids is 1. The van der Waals surface area contributed by atoms with Crippen LogP contribution in [0.15, 0.2) is 53.7 Å². The van der Waals surface area contributed by atoms with Gasteiger partial charge < -0.3 is 4.90 Å². The van der Waals surface area contributed by atoms with E-state index in [0.29, 0.717) is 36.0 Å². The van der Waals surface area contributed by atoms with Crippen LogP contribution in [0.1, 0.15) is 23.1 Å². The van der Waals surface area contributed by atoms with E-state index in [2.05, 4.69) is 21.6 Å². The quantitative estimate of drug-likeness (QED) is 0.531. The minimum atomic E-state index is -0.335. The maximum absolute atomic E-state index is 13.6. The molecule has 0 atom stereocenters. The molecule has 0 saturated heterocycles. The van der Waals surface area contributed by atoms with Gasteiger partial charge in [0, 0.05) is 32.3 Å². The number of thioether (sulfide) groups is 1. The summed E-state index contributed by atoms with van der Waals surface area (Å²) in [5.74, 6) is 0.139. The first kappa shape index (κ1) is 20.5. The molecule has 2 aromatic carbocycles. The van der Waals surface area contributed by atoms with E-state index < -0.39 is 0 Å². The second-order valence-electron chi connectivity index (χ2n) is 6.37. The third kappa shape index (κ3) is 5.86. The molecule has 3 aromatic rings. The Balaban J connectivity index is 1.69. The maximum Gasteiger partial charge on any atom is 0.224 e. The van der Waals surface area contributed by atoms with Crippen molar-refractivity contribution >= 4 is 17.7 Å². The fourth-order valence-corrected chi connectivity index (χ4v) is 3.50. The molecule has 148 valence electrons. The summed E-state index contributed by atoms with van der Waals surface area (Å²) >= 11 is 1.40. The molecule has 0 radical (unpaired) electrons. The minimum absolute atomic E-state index is 0.0544. The Morgan fingerprint density at radius 1 is 1.21 bits per heavy atom. The number of tetrazole rings is 1. The highest BCUT2D eigenvalue weighted by atomic mass is 32.2. The van der Waals surface area contributed by atoms with Gasteiger partial charge in [-0.25, -0.2) is 9.07 Å². The Morgan fingerprint density at radius 2 is 1.97 bits per heavy atom. The monoisotopic (exact) mass is 410 g/mol. The molecule has 7 nitrogen and oxygen atoms in total. The zero-order chi connectivity index (χ0) is 20.6. The number of rotatable bonds is 8. The van der Waals surface area contributed by atoms with E-state index in [4.69, 9.17) is 5.26 Å². The summed E-state index contributed by atoms with van der Waals surface area (Å²) in [7, 11) is 1.74. The molecular formula is C20H19FN6OS. The Kier molecular flexibility index (Phi) is 6.92. The van der Waals surface area contributed by atoms with Crippen LogP contribution in [0.4, 0.5) is 4.39 Å². The summed E-state index contributed by atoms with van der Waals surface area (Å²) in [6.45, 7) is 0.671. The summed E-state index contributed by atoms with van der Waals surface area (Å²) in [4.78, 5) is 14.6. The highest BCUT2D eigenvalue weighted by Gasteiger charge is 2.16. The molecule has 0 aliphatic rings. The summed E-state index contributed by atoms with van der Waals surface area (Å²) in [6.07, 6.45) is 0.295. The van der Waals surface area contributed by atoms with E-state index in [-0.39, 0.29) is 11.7 Å². The highest BCUT2D eigenvalue weighted by molar-refractivity contribution is 7.99. The van der Waals surface area contributed by atoms with E-state index in [1.807, 2.05) is 12.1 Å². The third-order valence-corrected chi connectivity index (χ3v) is 5.21. The van der Waals surface area contributed by atoms with Crippen molar-refractivity contribution in [2.45, 2.75) is 24.7 Å². The number of hydrogen-bond donors (Lipinski definition) is 0. The van der Waals surface area contributed by atoms with E-state index in [1.54, 1.807) is 40.9 Å². The fourth-order valence-electron chi connectivity index (χ4n) is 2.72. The topological polar surface area (TPSA) is 87.7 Å². The third-order valence-electron chi connectivity index (χ3n) is 4.20. The molecule has 0 unspecified atom stereocenters. The zero-order valence-corrected chi connectivity index (χ0v) is 16.6. The van der Waals surface area contributed by atoms with Crippen molar-refractivity contribution < 1.29 is 9.18 Å². The van der Waals surface area contributed by atoms with Crippen molar-refractivity contribution in [3.63, 3.8) is 0 Å². The SMILES string of the molecule is Cn1nnnc1SCCC(=O)N(Cc1ccc(C#N)cc1)Cc1cccc(F)c1. The minimum Gasteiger partial charge on any atom is -0.334 e. The number of amides is 1. The molecule has 1 amide bonds. The van der Waals surface area contributed by atoms with Crippen molar-refractivity contribution in [3.8, 4) is 6.07 Å². The maximum atomic E-state index is 13.6. The number of nitrogens with zero attached hydrogens (tertiary/aromatic N) is 6. The molecule has 0 saturated carbocycles. The Morgan fingerprint density at radius 3 is 2.62 bits per heavy atom. The van der Waals surface area contributed by atoms with E-state index in [9.17, 15) is 9.18 Å². The average Bonchev–Trinajstić information content (AvgIpc) is 3.13. The van der Waals surface area contributed by atoms with Crippen LogP contribution in [0.25, 0.3) is 0 Å². The number of aryl methyl sites for hydroxylation is 1.